The molecule has 3 atom stereocenters. The van der Waals surface area contributed by atoms with Gasteiger partial charge in [0, 0.05) is 44.6 Å². The van der Waals surface area contributed by atoms with Crippen molar-refractivity contribution in [2.45, 2.75) is 76.5 Å². The zero-order valence-electron chi connectivity index (χ0n) is 31.1. The Labute approximate surface area is 315 Å². The average molecular weight is 801 g/mol. The van der Waals surface area contributed by atoms with Crippen molar-refractivity contribution in [1.82, 2.24) is 26.6 Å². The molecule has 0 saturated heterocycles. The largest absolute Gasteiger partial charge is 0.377 e. The number of amides is 5. The van der Waals surface area contributed by atoms with Crippen molar-refractivity contribution in [3.63, 3.8) is 0 Å². The summed E-state index contributed by atoms with van der Waals surface area (Å²) in [4.78, 5) is 88.2. The summed E-state index contributed by atoms with van der Waals surface area (Å²) in [6.45, 7) is 3.65. The van der Waals surface area contributed by atoms with Gasteiger partial charge in [0.05, 0.1) is 65.6 Å². The highest BCUT2D eigenvalue weighted by Gasteiger charge is 2.33. The quantitative estimate of drug-likeness (QED) is 0.0191. The van der Waals surface area contributed by atoms with E-state index in [0.717, 1.165) is 0 Å². The molecule has 3 unspecified atom stereocenters. The molecule has 23 heteroatoms. The Morgan fingerprint density at radius 3 is 1.56 bits per heavy atom. The van der Waals surface area contributed by atoms with E-state index in [1.807, 2.05) is 0 Å². The fourth-order valence-corrected chi connectivity index (χ4v) is 5.93. The maximum absolute atomic E-state index is 13.3. The van der Waals surface area contributed by atoms with Gasteiger partial charge in [-0.15, -0.1) is 0 Å². The normalized spacial score (nSPS) is 17.8. The van der Waals surface area contributed by atoms with Crippen LogP contribution in [0.1, 0.15) is 58.3 Å². The van der Waals surface area contributed by atoms with Gasteiger partial charge in [-0.3, -0.25) is 28.5 Å². The highest BCUT2D eigenvalue weighted by molar-refractivity contribution is 7.52. The van der Waals surface area contributed by atoms with Crippen LogP contribution < -0.4 is 44.3 Å². The summed E-state index contributed by atoms with van der Waals surface area (Å²) >= 11 is 0. The van der Waals surface area contributed by atoms with Crippen LogP contribution in [0.15, 0.2) is 0 Å². The van der Waals surface area contributed by atoms with Crippen molar-refractivity contribution in [3.05, 3.63) is 0 Å². The monoisotopic (exact) mass is 800 g/mol. The van der Waals surface area contributed by atoms with Crippen LogP contribution in [0.25, 0.3) is 0 Å². The van der Waals surface area contributed by atoms with Gasteiger partial charge >= 0.3 is 7.60 Å². The smallest absolute Gasteiger partial charge is 0.328 e. The summed E-state index contributed by atoms with van der Waals surface area (Å²) in [5, 5.41) is 13.4. The highest BCUT2D eigenvalue weighted by Crippen LogP contribution is 2.45. The van der Waals surface area contributed by atoms with E-state index in [1.165, 1.54) is 0 Å². The number of hydrogen-bond acceptors (Lipinski definition) is 16. The fraction of sp³-hybridized carbons (Fsp3) is 0.839. The molecule has 1 fully saturated rings. The lowest BCUT2D eigenvalue weighted by Crippen LogP contribution is -2.51. The molecule has 0 heterocycles. The van der Waals surface area contributed by atoms with Crippen molar-refractivity contribution in [1.29, 1.82) is 0 Å². The Kier molecular flexibility index (Phi) is 27.6. The lowest BCUT2D eigenvalue weighted by atomic mass is 9.86. The van der Waals surface area contributed by atoms with Crippen molar-refractivity contribution in [3.8, 4) is 0 Å². The van der Waals surface area contributed by atoms with E-state index in [4.69, 9.17) is 36.4 Å². The van der Waals surface area contributed by atoms with Crippen LogP contribution in [0.5, 0.6) is 0 Å². The molecule has 5 amide bonds. The lowest BCUT2D eigenvalue weighted by Gasteiger charge is -2.30. The minimum Gasteiger partial charge on any atom is -0.377 e. The molecule has 54 heavy (non-hydrogen) atoms. The third-order valence-corrected chi connectivity index (χ3v) is 9.49. The second-order valence-electron chi connectivity index (χ2n) is 12.2. The van der Waals surface area contributed by atoms with Crippen LogP contribution in [0.4, 0.5) is 0 Å². The zero-order valence-corrected chi connectivity index (χ0v) is 32.0. The molecule has 314 valence electrons. The third kappa shape index (κ3) is 23.8. The predicted molar refractivity (Wildman–Crippen MR) is 191 cm³/mol. The van der Waals surface area contributed by atoms with Crippen LogP contribution in [0.3, 0.4) is 0 Å². The first kappa shape index (κ1) is 49.2. The van der Waals surface area contributed by atoms with Gasteiger partial charge in [0.15, 0.2) is 0 Å². The minimum absolute atomic E-state index is 0.0198. The minimum atomic E-state index is -3.69. The number of carbonyl (C=O) groups is 5. The number of hydrogen-bond donors (Lipinski definition) is 9. The van der Waals surface area contributed by atoms with Crippen molar-refractivity contribution in [2.24, 2.45) is 23.6 Å². The Bertz CT molecular complexity index is 1140. The van der Waals surface area contributed by atoms with Gasteiger partial charge < -0.3 is 64.7 Å². The maximum Gasteiger partial charge on any atom is 0.328 e. The predicted octanol–water partition coefficient (Wildman–Crippen LogP) is -2.63. The second kappa shape index (κ2) is 30.4. The molecule has 0 aliphatic heterocycles. The van der Waals surface area contributed by atoms with Gasteiger partial charge in [0.2, 0.25) is 29.5 Å². The highest BCUT2D eigenvalue weighted by atomic mass is 31.2. The number of rotatable bonds is 32. The molecule has 22 nitrogen and oxygen atoms in total. The van der Waals surface area contributed by atoms with E-state index in [9.17, 15) is 33.4 Å². The first-order valence-corrected chi connectivity index (χ1v) is 19.8. The SMILES string of the molecule is CCP(=O)(O)O[C@H]1CC[C@H](C(=O)NC(CCC(=O)NC(CCC(=O)NCCOCCON)C(=O)NCCOCCON)C(=O)NCCOCCON)CC1. The standard InChI is InChI=1S/C31H61N8O14P/c1-2-54(45,46)53-24-5-3-23(4-6-24)29(42)39-26(31(44)37-13-16-49-19-22-52-34)8-10-28(41)38-25(30(43)36-12-15-48-18-21-51-33)7-9-27(40)35-11-14-47-17-20-50-32/h23-26H,2-22,32-34H2,1H3,(H,35,40)(H,36,43)(H,37,44)(H,38,41)(H,39,42)(H,45,46)/t23-,24-,25?,26?. The molecular formula is C31H61N8O14P. The molecule has 1 rings (SSSR count). The first-order chi connectivity index (χ1) is 26.0. The maximum atomic E-state index is 13.3. The zero-order chi connectivity index (χ0) is 40.0. The molecule has 0 aromatic carbocycles. The van der Waals surface area contributed by atoms with E-state index in [-0.39, 0.29) is 117 Å². The Balaban J connectivity index is 2.86. The summed E-state index contributed by atoms with van der Waals surface area (Å²) in [6, 6.07) is -2.22. The summed E-state index contributed by atoms with van der Waals surface area (Å²) in [5.74, 6) is 11.9. The molecule has 1 aliphatic carbocycles. The third-order valence-electron chi connectivity index (χ3n) is 8.06. The molecule has 0 spiro atoms. The summed E-state index contributed by atoms with van der Waals surface area (Å²) in [7, 11) is -3.69. The first-order valence-electron chi connectivity index (χ1n) is 18.1. The topological polar surface area (TPSA) is 325 Å². The van der Waals surface area contributed by atoms with Crippen LogP contribution in [-0.4, -0.2) is 138 Å². The van der Waals surface area contributed by atoms with Crippen LogP contribution in [0.2, 0.25) is 0 Å². The van der Waals surface area contributed by atoms with E-state index < -0.39 is 55.3 Å². The van der Waals surface area contributed by atoms with E-state index in [1.54, 1.807) is 6.92 Å². The number of nitrogens with two attached hydrogens (primary N) is 3. The van der Waals surface area contributed by atoms with Gasteiger partial charge in [-0.25, -0.2) is 17.7 Å². The van der Waals surface area contributed by atoms with Crippen molar-refractivity contribution >= 4 is 37.1 Å². The van der Waals surface area contributed by atoms with Crippen LogP contribution in [-0.2, 0) is 61.8 Å². The Hall–Kier alpha value is -2.86. The molecule has 0 aromatic heterocycles. The van der Waals surface area contributed by atoms with Gasteiger partial charge in [0.25, 0.3) is 0 Å². The molecule has 1 aliphatic rings. The molecule has 0 radical (unpaired) electrons. The average Bonchev–Trinajstić information content (AvgIpc) is 3.15. The molecule has 0 bridgehead atoms. The number of ether oxygens (including phenoxy) is 3. The summed E-state index contributed by atoms with van der Waals surface area (Å²) in [5.41, 5.74) is 0. The molecule has 1 saturated carbocycles. The fourth-order valence-electron chi connectivity index (χ4n) is 5.10. The Morgan fingerprint density at radius 1 is 0.648 bits per heavy atom. The number of nitrogens with one attached hydrogen (secondary N) is 5. The molecular weight excluding hydrogens is 739 g/mol. The van der Waals surface area contributed by atoms with Crippen molar-refractivity contribution in [2.75, 3.05) is 85.3 Å². The molecule has 12 N–H and O–H groups in total. The van der Waals surface area contributed by atoms with Gasteiger partial charge in [-0.1, -0.05) is 6.92 Å². The van der Waals surface area contributed by atoms with Crippen molar-refractivity contribution < 1.29 is 66.7 Å². The summed E-state index contributed by atoms with van der Waals surface area (Å²) < 4.78 is 33.2. The second-order valence-corrected chi connectivity index (χ2v) is 14.3. The number of carbonyl (C=O) groups excluding carboxylic acids is 5. The van der Waals surface area contributed by atoms with Crippen LogP contribution in [0, 0.1) is 5.92 Å². The van der Waals surface area contributed by atoms with Gasteiger partial charge in [-0.05, 0) is 38.5 Å². The summed E-state index contributed by atoms with van der Waals surface area (Å²) in [6.07, 6.45) is 0.534. The molecule has 0 aromatic rings. The van der Waals surface area contributed by atoms with Gasteiger partial charge in [-0.2, -0.15) is 0 Å². The lowest BCUT2D eigenvalue weighted by molar-refractivity contribution is -0.133. The van der Waals surface area contributed by atoms with Crippen LogP contribution >= 0.6 is 7.60 Å². The van der Waals surface area contributed by atoms with E-state index >= 15 is 0 Å². The van der Waals surface area contributed by atoms with Gasteiger partial charge in [0.1, 0.15) is 12.1 Å². The van der Waals surface area contributed by atoms with E-state index in [2.05, 4.69) is 41.1 Å². The Morgan fingerprint density at radius 2 is 1.09 bits per heavy atom. The van der Waals surface area contributed by atoms with E-state index in [0.29, 0.717) is 25.7 Å².